The molecule has 3 heteroatoms. The Morgan fingerprint density at radius 1 is 0.735 bits per heavy atom. The topological polar surface area (TPSA) is 24.7 Å². The summed E-state index contributed by atoms with van der Waals surface area (Å²) in [5, 5.41) is 8.17. The van der Waals surface area contributed by atoms with Gasteiger partial charge in [0.05, 0.1) is 12.4 Å². The molecule has 0 fully saturated rings. The summed E-state index contributed by atoms with van der Waals surface area (Å²) in [5.74, 6) is -0.254. The van der Waals surface area contributed by atoms with Crippen LogP contribution < -0.4 is 0 Å². The predicted molar refractivity (Wildman–Crippen MR) is 144 cm³/mol. The maximum atomic E-state index is 14.8. The Morgan fingerprint density at radius 3 is 2.03 bits per heavy atom. The first-order chi connectivity index (χ1) is 16.7. The molecule has 0 spiro atoms. The van der Waals surface area contributed by atoms with Crippen LogP contribution in [-0.2, 0) is 12.8 Å². The SMILES string of the molecule is C=CCCc1ccc(C=NN=Cc2ccc(-c3ccc(CCCCCCC)cc3)c(F)c2)cc1. The van der Waals surface area contributed by atoms with Gasteiger partial charge in [-0.15, -0.1) is 6.58 Å². The molecule has 0 aliphatic carbocycles. The van der Waals surface area contributed by atoms with Gasteiger partial charge in [-0.1, -0.05) is 99.3 Å². The Bertz CT molecular complexity index is 1080. The van der Waals surface area contributed by atoms with E-state index in [9.17, 15) is 4.39 Å². The number of benzene rings is 3. The Labute approximate surface area is 204 Å². The molecule has 0 bridgehead atoms. The second-order valence-corrected chi connectivity index (χ2v) is 8.66. The molecule has 176 valence electrons. The van der Waals surface area contributed by atoms with Crippen LogP contribution in [0.2, 0.25) is 0 Å². The molecule has 0 atom stereocenters. The van der Waals surface area contributed by atoms with Gasteiger partial charge >= 0.3 is 0 Å². The van der Waals surface area contributed by atoms with E-state index in [1.807, 2.05) is 42.5 Å². The average Bonchev–Trinajstić information content (AvgIpc) is 2.86. The Hall–Kier alpha value is -3.33. The highest BCUT2D eigenvalue weighted by molar-refractivity contribution is 5.83. The third-order valence-corrected chi connectivity index (χ3v) is 5.92. The van der Waals surface area contributed by atoms with E-state index in [-0.39, 0.29) is 5.82 Å². The molecule has 0 heterocycles. The number of halogens is 1. The van der Waals surface area contributed by atoms with Crippen LogP contribution in [-0.4, -0.2) is 12.4 Å². The average molecular weight is 455 g/mol. The normalized spacial score (nSPS) is 11.5. The quantitative estimate of drug-likeness (QED) is 0.107. The maximum absolute atomic E-state index is 14.8. The molecule has 0 N–H and O–H groups in total. The molecule has 2 nitrogen and oxygen atoms in total. The summed E-state index contributed by atoms with van der Waals surface area (Å²) >= 11 is 0. The van der Waals surface area contributed by atoms with Gasteiger partial charge in [0.1, 0.15) is 5.82 Å². The Balaban J connectivity index is 1.54. The fourth-order valence-corrected chi connectivity index (χ4v) is 3.87. The summed E-state index contributed by atoms with van der Waals surface area (Å²) in [6, 6.07) is 21.6. The van der Waals surface area contributed by atoms with E-state index in [1.165, 1.54) is 49.3 Å². The van der Waals surface area contributed by atoms with Crippen molar-refractivity contribution >= 4 is 12.4 Å². The number of allylic oxidation sites excluding steroid dienone is 1. The smallest absolute Gasteiger partial charge is 0.131 e. The first kappa shape index (κ1) is 25.3. The summed E-state index contributed by atoms with van der Waals surface area (Å²) in [7, 11) is 0. The van der Waals surface area contributed by atoms with Crippen molar-refractivity contribution in [1.82, 2.24) is 0 Å². The molecular weight excluding hydrogens is 419 g/mol. The Kier molecular flexibility index (Phi) is 10.4. The van der Waals surface area contributed by atoms with Gasteiger partial charge in [0.15, 0.2) is 0 Å². The van der Waals surface area contributed by atoms with Crippen LogP contribution in [0.15, 0.2) is 89.6 Å². The van der Waals surface area contributed by atoms with Crippen molar-refractivity contribution in [1.29, 1.82) is 0 Å². The fourth-order valence-electron chi connectivity index (χ4n) is 3.87. The highest BCUT2D eigenvalue weighted by Gasteiger charge is 2.06. The minimum atomic E-state index is -0.254. The summed E-state index contributed by atoms with van der Waals surface area (Å²) in [6.45, 7) is 5.99. The third-order valence-electron chi connectivity index (χ3n) is 5.92. The molecule has 0 aromatic heterocycles. The van der Waals surface area contributed by atoms with E-state index in [0.717, 1.165) is 30.4 Å². The predicted octanol–water partition coefficient (Wildman–Crippen LogP) is 8.58. The van der Waals surface area contributed by atoms with Crippen molar-refractivity contribution in [3.8, 4) is 11.1 Å². The zero-order chi connectivity index (χ0) is 24.0. The van der Waals surface area contributed by atoms with Gasteiger partial charge in [-0.3, -0.25) is 0 Å². The van der Waals surface area contributed by atoms with E-state index < -0.39 is 0 Å². The minimum Gasteiger partial charge on any atom is -0.206 e. The second kappa shape index (κ2) is 14.0. The van der Waals surface area contributed by atoms with Gasteiger partial charge < -0.3 is 0 Å². The molecule has 34 heavy (non-hydrogen) atoms. The summed E-state index contributed by atoms with van der Waals surface area (Å²) in [6.07, 6.45) is 14.6. The monoisotopic (exact) mass is 454 g/mol. The zero-order valence-corrected chi connectivity index (χ0v) is 20.2. The molecule has 0 aliphatic rings. The molecule has 3 aromatic rings. The zero-order valence-electron chi connectivity index (χ0n) is 20.2. The molecule has 3 rings (SSSR count). The summed E-state index contributed by atoms with van der Waals surface area (Å²) in [4.78, 5) is 0. The first-order valence-electron chi connectivity index (χ1n) is 12.3. The van der Waals surface area contributed by atoms with Crippen LogP contribution >= 0.6 is 0 Å². The molecule has 0 saturated carbocycles. The minimum absolute atomic E-state index is 0.254. The van der Waals surface area contributed by atoms with Gasteiger partial charge in [0.2, 0.25) is 0 Å². The highest BCUT2D eigenvalue weighted by Crippen LogP contribution is 2.24. The molecule has 0 aliphatic heterocycles. The Morgan fingerprint density at radius 2 is 1.35 bits per heavy atom. The summed E-state index contributed by atoms with van der Waals surface area (Å²) in [5.41, 5.74) is 5.74. The van der Waals surface area contributed by atoms with Gasteiger partial charge in [-0.25, -0.2) is 4.39 Å². The number of nitrogens with zero attached hydrogens (tertiary/aromatic N) is 2. The third kappa shape index (κ3) is 8.22. The van der Waals surface area contributed by atoms with Crippen molar-refractivity contribution in [2.45, 2.75) is 58.3 Å². The van der Waals surface area contributed by atoms with Crippen LogP contribution in [0, 0.1) is 5.82 Å². The van der Waals surface area contributed by atoms with Gasteiger partial charge in [-0.05, 0) is 59.6 Å². The lowest BCUT2D eigenvalue weighted by atomic mass is 10.00. The molecule has 0 amide bonds. The van der Waals surface area contributed by atoms with Gasteiger partial charge in [-0.2, -0.15) is 10.2 Å². The van der Waals surface area contributed by atoms with E-state index in [2.05, 4.69) is 48.0 Å². The second-order valence-electron chi connectivity index (χ2n) is 8.66. The van der Waals surface area contributed by atoms with E-state index >= 15 is 0 Å². The number of hydrogen-bond donors (Lipinski definition) is 0. The number of unbranched alkanes of at least 4 members (excludes halogenated alkanes) is 4. The lowest BCUT2D eigenvalue weighted by Gasteiger charge is -2.07. The molecule has 0 radical (unpaired) electrons. The van der Waals surface area contributed by atoms with Crippen LogP contribution in [0.4, 0.5) is 4.39 Å². The van der Waals surface area contributed by atoms with Crippen molar-refractivity contribution in [2.75, 3.05) is 0 Å². The van der Waals surface area contributed by atoms with Crippen LogP contribution in [0.5, 0.6) is 0 Å². The number of rotatable bonds is 13. The lowest BCUT2D eigenvalue weighted by molar-refractivity contribution is 0.630. The van der Waals surface area contributed by atoms with Crippen LogP contribution in [0.25, 0.3) is 11.1 Å². The fraction of sp³-hybridized carbons (Fsp3) is 0.290. The summed E-state index contributed by atoms with van der Waals surface area (Å²) < 4.78 is 14.8. The number of aryl methyl sites for hydroxylation is 2. The standard InChI is InChI=1S/C31H35FN2/c1-3-5-7-8-9-11-26-16-19-29(20-17-26)30-21-18-28(22-31(30)32)24-34-33-23-27-14-12-25(13-15-27)10-6-4-2/h4,12-24H,2-3,5-11H2,1H3. The molecule has 0 unspecified atom stereocenters. The first-order valence-corrected chi connectivity index (χ1v) is 12.3. The van der Waals surface area contributed by atoms with Crippen LogP contribution in [0.1, 0.15) is 67.7 Å². The van der Waals surface area contributed by atoms with Gasteiger partial charge in [0.25, 0.3) is 0 Å². The number of hydrogen-bond acceptors (Lipinski definition) is 2. The van der Waals surface area contributed by atoms with Crippen molar-refractivity contribution < 1.29 is 4.39 Å². The van der Waals surface area contributed by atoms with E-state index in [0.29, 0.717) is 11.1 Å². The largest absolute Gasteiger partial charge is 0.206 e. The molecular formula is C31H35FN2. The molecule has 0 saturated heterocycles. The van der Waals surface area contributed by atoms with E-state index in [4.69, 9.17) is 0 Å². The molecule has 3 aromatic carbocycles. The highest BCUT2D eigenvalue weighted by atomic mass is 19.1. The van der Waals surface area contributed by atoms with E-state index in [1.54, 1.807) is 12.4 Å². The van der Waals surface area contributed by atoms with Gasteiger partial charge in [0, 0.05) is 5.56 Å². The van der Waals surface area contributed by atoms with Crippen molar-refractivity contribution in [3.63, 3.8) is 0 Å². The lowest BCUT2D eigenvalue weighted by Crippen LogP contribution is -1.90. The maximum Gasteiger partial charge on any atom is 0.131 e. The van der Waals surface area contributed by atoms with Crippen LogP contribution in [0.3, 0.4) is 0 Å². The van der Waals surface area contributed by atoms with Crippen molar-refractivity contribution in [2.24, 2.45) is 10.2 Å². The van der Waals surface area contributed by atoms with Crippen molar-refractivity contribution in [3.05, 3.63) is 107 Å².